The maximum atomic E-state index is 12.4. The lowest BCUT2D eigenvalue weighted by Crippen LogP contribution is -2.24. The zero-order valence-electron chi connectivity index (χ0n) is 13.9. The van der Waals surface area contributed by atoms with Crippen molar-refractivity contribution in [2.45, 2.75) is 4.90 Å². The van der Waals surface area contributed by atoms with Crippen LogP contribution in [0, 0.1) is 5.92 Å². The molecule has 0 aromatic heterocycles. The number of nitrogens with two attached hydrogens (primary N) is 1. The molecule has 1 aromatic rings. The van der Waals surface area contributed by atoms with Gasteiger partial charge in [0.05, 0.1) is 30.2 Å². The molecule has 136 valence electrons. The van der Waals surface area contributed by atoms with E-state index in [1.165, 1.54) is 38.5 Å². The van der Waals surface area contributed by atoms with Gasteiger partial charge in [0.2, 0.25) is 0 Å². The fourth-order valence-corrected chi connectivity index (χ4v) is 3.63. The summed E-state index contributed by atoms with van der Waals surface area (Å²) in [7, 11) is -0.435. The first-order chi connectivity index (χ1) is 11.5. The van der Waals surface area contributed by atoms with Gasteiger partial charge in [-0.15, -0.1) is 0 Å². The van der Waals surface area contributed by atoms with E-state index in [0.29, 0.717) is 30.9 Å². The normalized spacial score (nSPS) is 12.6. The van der Waals surface area contributed by atoms with E-state index in [4.69, 9.17) is 19.9 Å². The van der Waals surface area contributed by atoms with Crippen LogP contribution in [-0.4, -0.2) is 54.8 Å². The molecule has 0 aliphatic carbocycles. The predicted octanol–water partition coefficient (Wildman–Crippen LogP) is 1.56. The van der Waals surface area contributed by atoms with E-state index < -0.39 is 9.84 Å². The topological polar surface area (TPSA) is 87.8 Å². The first-order valence-electron chi connectivity index (χ1n) is 7.38. The van der Waals surface area contributed by atoms with E-state index in [9.17, 15) is 12.8 Å². The first kappa shape index (κ1) is 20.6. The monoisotopic (exact) mass is 361 g/mol. The number of halogens is 1. The minimum Gasteiger partial charge on any atom is -0.489 e. The highest BCUT2D eigenvalue weighted by Gasteiger charge is 2.21. The molecule has 0 aliphatic heterocycles. The fourth-order valence-electron chi connectivity index (χ4n) is 2.08. The summed E-state index contributed by atoms with van der Waals surface area (Å²) in [5, 5.41) is 0. The SMILES string of the molecule is COCC(COC)CS(=O)(=O)c1ccc(OC/C(=C/F)CN)cc1. The standard InChI is InChI=1S/C16H24FNO5S/c1-21-9-14(10-22-2)12-24(19,20)16-5-3-15(4-6-16)23-11-13(7-17)8-18/h3-7,14H,8-12,18H2,1-2H3/b13-7+. The largest absolute Gasteiger partial charge is 0.489 e. The van der Waals surface area contributed by atoms with Crippen LogP contribution in [0.15, 0.2) is 41.1 Å². The molecule has 0 unspecified atom stereocenters. The van der Waals surface area contributed by atoms with E-state index in [1.807, 2.05) is 0 Å². The maximum Gasteiger partial charge on any atom is 0.178 e. The van der Waals surface area contributed by atoms with Gasteiger partial charge in [-0.2, -0.15) is 0 Å². The summed E-state index contributed by atoms with van der Waals surface area (Å²) in [5.74, 6) is 0.117. The highest BCUT2D eigenvalue weighted by atomic mass is 32.2. The summed E-state index contributed by atoms with van der Waals surface area (Å²) in [4.78, 5) is 0.187. The maximum absolute atomic E-state index is 12.4. The van der Waals surface area contributed by atoms with E-state index in [0.717, 1.165) is 0 Å². The molecule has 0 radical (unpaired) electrons. The van der Waals surface area contributed by atoms with Gasteiger partial charge in [-0.1, -0.05) is 0 Å². The summed E-state index contributed by atoms with van der Waals surface area (Å²) < 4.78 is 52.7. The second kappa shape index (κ2) is 10.4. The molecule has 0 heterocycles. The molecule has 6 nitrogen and oxygen atoms in total. The number of hydrogen-bond donors (Lipinski definition) is 1. The number of sulfone groups is 1. The van der Waals surface area contributed by atoms with Crippen molar-refractivity contribution in [2.75, 3.05) is 46.3 Å². The van der Waals surface area contributed by atoms with Crippen LogP contribution >= 0.6 is 0 Å². The third-order valence-electron chi connectivity index (χ3n) is 3.28. The minimum atomic E-state index is -3.47. The Morgan fingerprint density at radius 1 is 1.21 bits per heavy atom. The Balaban J connectivity index is 2.75. The molecule has 24 heavy (non-hydrogen) atoms. The molecule has 0 amide bonds. The first-order valence-corrected chi connectivity index (χ1v) is 9.03. The molecule has 8 heteroatoms. The Morgan fingerprint density at radius 2 is 1.79 bits per heavy atom. The lowest BCUT2D eigenvalue weighted by atomic mass is 10.2. The van der Waals surface area contributed by atoms with Crippen LogP contribution in [0.2, 0.25) is 0 Å². The van der Waals surface area contributed by atoms with Crippen molar-refractivity contribution in [2.24, 2.45) is 11.7 Å². The van der Waals surface area contributed by atoms with Crippen LogP contribution in [0.5, 0.6) is 5.75 Å². The fraction of sp³-hybridized carbons (Fsp3) is 0.500. The predicted molar refractivity (Wildman–Crippen MR) is 89.5 cm³/mol. The number of benzene rings is 1. The average molecular weight is 361 g/mol. The molecular formula is C16H24FNO5S. The van der Waals surface area contributed by atoms with Gasteiger partial charge in [0, 0.05) is 32.3 Å². The van der Waals surface area contributed by atoms with Crippen LogP contribution in [0.4, 0.5) is 4.39 Å². The molecule has 1 rings (SSSR count). The second-order valence-corrected chi connectivity index (χ2v) is 7.32. The van der Waals surface area contributed by atoms with Gasteiger partial charge in [0.1, 0.15) is 12.4 Å². The van der Waals surface area contributed by atoms with Crippen LogP contribution < -0.4 is 10.5 Å². The molecule has 0 spiro atoms. The third kappa shape index (κ3) is 6.56. The molecule has 2 N–H and O–H groups in total. The molecule has 0 bridgehead atoms. The van der Waals surface area contributed by atoms with Gasteiger partial charge in [-0.05, 0) is 24.3 Å². The zero-order chi connectivity index (χ0) is 18.0. The summed E-state index contributed by atoms with van der Waals surface area (Å²) >= 11 is 0. The minimum absolute atomic E-state index is 0.0167. The van der Waals surface area contributed by atoms with E-state index in [2.05, 4.69) is 0 Å². The van der Waals surface area contributed by atoms with Crippen LogP contribution in [0.25, 0.3) is 0 Å². The molecule has 0 saturated carbocycles. The number of rotatable bonds is 11. The van der Waals surface area contributed by atoms with Gasteiger partial charge < -0.3 is 19.9 Å². The van der Waals surface area contributed by atoms with Crippen molar-refractivity contribution in [3.8, 4) is 5.75 Å². The average Bonchev–Trinajstić information content (AvgIpc) is 2.56. The summed E-state index contributed by atoms with van der Waals surface area (Å²) in [6.45, 7) is 0.670. The lowest BCUT2D eigenvalue weighted by molar-refractivity contribution is 0.0945. The van der Waals surface area contributed by atoms with Gasteiger partial charge >= 0.3 is 0 Å². The zero-order valence-corrected chi connectivity index (χ0v) is 14.7. The van der Waals surface area contributed by atoms with Gasteiger partial charge in [0.25, 0.3) is 0 Å². The van der Waals surface area contributed by atoms with Crippen LogP contribution in [-0.2, 0) is 19.3 Å². The Bertz CT molecular complexity index is 610. The Morgan fingerprint density at radius 3 is 2.25 bits per heavy atom. The molecule has 0 atom stereocenters. The number of hydrogen-bond acceptors (Lipinski definition) is 6. The number of ether oxygens (including phenoxy) is 3. The van der Waals surface area contributed by atoms with Crippen molar-refractivity contribution < 1.29 is 27.0 Å². The van der Waals surface area contributed by atoms with Gasteiger partial charge in [-0.25, -0.2) is 12.8 Å². The van der Waals surface area contributed by atoms with Crippen LogP contribution in [0.3, 0.4) is 0 Å². The van der Waals surface area contributed by atoms with E-state index in [1.54, 1.807) is 0 Å². The summed E-state index contributed by atoms with van der Waals surface area (Å²) in [6, 6.07) is 5.98. The van der Waals surface area contributed by atoms with Gasteiger partial charge in [-0.3, -0.25) is 0 Å². The van der Waals surface area contributed by atoms with E-state index in [-0.39, 0.29) is 29.7 Å². The smallest absolute Gasteiger partial charge is 0.178 e. The van der Waals surface area contributed by atoms with Crippen molar-refractivity contribution in [3.05, 3.63) is 36.2 Å². The Hall–Kier alpha value is -1.48. The second-order valence-electron chi connectivity index (χ2n) is 5.29. The van der Waals surface area contributed by atoms with Gasteiger partial charge in [0.15, 0.2) is 9.84 Å². The van der Waals surface area contributed by atoms with E-state index >= 15 is 0 Å². The lowest BCUT2D eigenvalue weighted by Gasteiger charge is -2.15. The number of methoxy groups -OCH3 is 2. The Kier molecular flexibility index (Phi) is 8.91. The molecule has 0 aliphatic rings. The van der Waals surface area contributed by atoms with Crippen molar-refractivity contribution in [1.82, 2.24) is 0 Å². The van der Waals surface area contributed by atoms with Crippen molar-refractivity contribution in [3.63, 3.8) is 0 Å². The molecule has 0 fully saturated rings. The highest BCUT2D eigenvalue weighted by molar-refractivity contribution is 7.91. The molecule has 0 saturated heterocycles. The van der Waals surface area contributed by atoms with Crippen LogP contribution in [0.1, 0.15) is 0 Å². The summed E-state index contributed by atoms with van der Waals surface area (Å²) in [5.41, 5.74) is 5.65. The Labute approximate surface area is 142 Å². The molecule has 1 aromatic carbocycles. The van der Waals surface area contributed by atoms with Crippen molar-refractivity contribution >= 4 is 9.84 Å². The van der Waals surface area contributed by atoms with Crippen molar-refractivity contribution in [1.29, 1.82) is 0 Å². The quantitative estimate of drug-likeness (QED) is 0.644. The summed E-state index contributed by atoms with van der Waals surface area (Å²) in [6.07, 6.45) is 0.407. The third-order valence-corrected chi connectivity index (χ3v) is 5.18. The molecular weight excluding hydrogens is 337 g/mol. The highest BCUT2D eigenvalue weighted by Crippen LogP contribution is 2.19.